The number of phenols is 1. The van der Waals surface area contributed by atoms with Crippen molar-refractivity contribution in [2.24, 2.45) is 0 Å². The molecule has 0 amide bonds. The number of hydrogen-bond acceptors (Lipinski definition) is 5. The summed E-state index contributed by atoms with van der Waals surface area (Å²) in [6, 6.07) is 1.75. The van der Waals surface area contributed by atoms with Gasteiger partial charge in [0.25, 0.3) is 0 Å². The number of ether oxygens (including phenoxy) is 2. The smallest absolute Gasteiger partial charge is 0.167 e. The van der Waals surface area contributed by atoms with Gasteiger partial charge in [-0.1, -0.05) is 20.8 Å². The second kappa shape index (κ2) is 4.77. The van der Waals surface area contributed by atoms with Crippen LogP contribution in [0, 0.1) is 0 Å². The van der Waals surface area contributed by atoms with Crippen molar-refractivity contribution < 1.29 is 24.5 Å². The third kappa shape index (κ3) is 1.73. The highest BCUT2D eigenvalue weighted by Gasteiger charge is 2.82. The number of methoxy groups -OCH3 is 1. The molecule has 3 aliphatic rings. The molecule has 1 saturated heterocycles. The number of fused-ring (bicyclic) bond motifs is 2. The van der Waals surface area contributed by atoms with Crippen molar-refractivity contribution in [2.75, 3.05) is 7.11 Å². The first-order chi connectivity index (χ1) is 11.6. The van der Waals surface area contributed by atoms with Crippen molar-refractivity contribution in [3.8, 4) is 11.5 Å². The van der Waals surface area contributed by atoms with Crippen LogP contribution < -0.4 is 4.74 Å². The molecule has 5 nitrogen and oxygen atoms in total. The van der Waals surface area contributed by atoms with Gasteiger partial charge in [0, 0.05) is 34.9 Å². The Morgan fingerprint density at radius 1 is 1.36 bits per heavy atom. The zero-order chi connectivity index (χ0) is 18.4. The third-order valence-corrected chi connectivity index (χ3v) is 6.90. The van der Waals surface area contributed by atoms with Crippen LogP contribution in [0.2, 0.25) is 0 Å². The van der Waals surface area contributed by atoms with Gasteiger partial charge in [0.15, 0.2) is 11.4 Å². The van der Waals surface area contributed by atoms with E-state index in [4.69, 9.17) is 9.47 Å². The quantitative estimate of drug-likeness (QED) is 0.805. The van der Waals surface area contributed by atoms with Gasteiger partial charge in [0.1, 0.15) is 17.1 Å². The van der Waals surface area contributed by atoms with E-state index in [0.29, 0.717) is 36.1 Å². The van der Waals surface area contributed by atoms with E-state index in [2.05, 4.69) is 0 Å². The van der Waals surface area contributed by atoms with Crippen LogP contribution in [0.1, 0.15) is 75.7 Å². The molecular weight excluding hydrogens is 320 g/mol. The number of Topliss-reactive ketones (excluding diaryl/α,β-unsaturated/α-hetero) is 1. The number of benzene rings is 1. The first kappa shape index (κ1) is 16.9. The van der Waals surface area contributed by atoms with Crippen LogP contribution in [0.3, 0.4) is 0 Å². The molecule has 2 N–H and O–H groups in total. The predicted molar refractivity (Wildman–Crippen MR) is 92.1 cm³/mol. The fourth-order valence-electron chi connectivity index (χ4n) is 5.46. The van der Waals surface area contributed by atoms with Crippen LogP contribution in [-0.4, -0.2) is 34.3 Å². The van der Waals surface area contributed by atoms with Gasteiger partial charge in [-0.05, 0) is 25.3 Å². The molecule has 4 rings (SSSR count). The molecule has 0 unspecified atom stereocenters. The van der Waals surface area contributed by atoms with E-state index in [1.165, 1.54) is 0 Å². The lowest BCUT2D eigenvalue weighted by atomic mass is 9.53. The molecule has 136 valence electrons. The monoisotopic (exact) mass is 346 g/mol. The number of aliphatic hydroxyl groups excluding tert-OH is 1. The minimum atomic E-state index is -0.866. The number of phenolic OH excluding ortho intramolecular Hbond substituents is 1. The fraction of sp³-hybridized carbons (Fsp3) is 0.650. The minimum Gasteiger partial charge on any atom is -0.508 e. The summed E-state index contributed by atoms with van der Waals surface area (Å²) in [6.07, 6.45) is 0.516. The largest absolute Gasteiger partial charge is 0.508 e. The van der Waals surface area contributed by atoms with Crippen LogP contribution in [0.15, 0.2) is 6.07 Å². The number of carbonyl (C=O) groups excluding carboxylic acids is 1. The predicted octanol–water partition coefficient (Wildman–Crippen LogP) is 3.11. The zero-order valence-corrected chi connectivity index (χ0v) is 15.5. The van der Waals surface area contributed by atoms with Crippen molar-refractivity contribution in [3.63, 3.8) is 0 Å². The Hall–Kier alpha value is -1.59. The lowest BCUT2D eigenvalue weighted by Gasteiger charge is -2.47. The van der Waals surface area contributed by atoms with Crippen molar-refractivity contribution in [1.82, 2.24) is 0 Å². The van der Waals surface area contributed by atoms with E-state index in [0.717, 1.165) is 5.56 Å². The Morgan fingerprint density at radius 3 is 2.64 bits per heavy atom. The van der Waals surface area contributed by atoms with Gasteiger partial charge in [-0.15, -0.1) is 0 Å². The van der Waals surface area contributed by atoms with Crippen molar-refractivity contribution in [3.05, 3.63) is 22.8 Å². The number of ketones is 1. The highest BCUT2D eigenvalue weighted by Crippen LogP contribution is 2.71. The van der Waals surface area contributed by atoms with Crippen molar-refractivity contribution >= 4 is 5.78 Å². The van der Waals surface area contributed by atoms with E-state index in [-0.39, 0.29) is 17.5 Å². The van der Waals surface area contributed by atoms with E-state index < -0.39 is 22.7 Å². The molecule has 1 aliphatic heterocycles. The van der Waals surface area contributed by atoms with Crippen LogP contribution in [-0.2, 0) is 14.9 Å². The van der Waals surface area contributed by atoms with Crippen LogP contribution >= 0.6 is 0 Å². The summed E-state index contributed by atoms with van der Waals surface area (Å²) in [4.78, 5) is 12.4. The summed E-state index contributed by atoms with van der Waals surface area (Å²) < 4.78 is 11.7. The molecule has 1 aromatic rings. The summed E-state index contributed by atoms with van der Waals surface area (Å²) in [6.45, 7) is 7.93. The molecule has 1 aromatic carbocycles. The lowest BCUT2D eigenvalue weighted by Crippen LogP contribution is -2.54. The molecule has 5 heteroatoms. The molecule has 0 radical (unpaired) electrons. The average Bonchev–Trinajstić information content (AvgIpc) is 3.17. The Labute approximate surface area is 148 Å². The van der Waals surface area contributed by atoms with Gasteiger partial charge in [0.2, 0.25) is 0 Å². The number of aromatic hydroxyl groups is 1. The van der Waals surface area contributed by atoms with E-state index in [9.17, 15) is 15.0 Å². The van der Waals surface area contributed by atoms with Gasteiger partial charge < -0.3 is 19.7 Å². The first-order valence-corrected chi connectivity index (χ1v) is 8.98. The normalized spacial score (nSPS) is 38.8. The molecule has 1 saturated carbocycles. The maximum Gasteiger partial charge on any atom is 0.167 e. The van der Waals surface area contributed by atoms with Crippen LogP contribution in [0.25, 0.3) is 0 Å². The standard InChI is InChI=1S/C20H26O5/c1-10(2)11-8-12(21)16-15(17(11)24-5)13(22)9-20-18(16,3)7-6-14(23)19(20,4)25-20/h8,10,13,21-22H,6-7,9H2,1-5H3/t13-,18+,19+,20-/m0/s1. The zero-order valence-electron chi connectivity index (χ0n) is 15.5. The van der Waals surface area contributed by atoms with E-state index in [1.807, 2.05) is 27.7 Å². The maximum atomic E-state index is 12.4. The second-order valence-corrected chi connectivity index (χ2v) is 8.40. The van der Waals surface area contributed by atoms with Gasteiger partial charge in [-0.3, -0.25) is 4.79 Å². The molecule has 1 spiro atoms. The Morgan fingerprint density at radius 2 is 2.04 bits per heavy atom. The van der Waals surface area contributed by atoms with E-state index in [1.54, 1.807) is 13.2 Å². The molecule has 0 bridgehead atoms. The fourth-order valence-corrected chi connectivity index (χ4v) is 5.46. The number of epoxide rings is 1. The third-order valence-electron chi connectivity index (χ3n) is 6.90. The molecule has 0 aromatic heterocycles. The van der Waals surface area contributed by atoms with Crippen LogP contribution in [0.4, 0.5) is 0 Å². The second-order valence-electron chi connectivity index (χ2n) is 8.40. The number of rotatable bonds is 2. The van der Waals surface area contributed by atoms with Crippen molar-refractivity contribution in [2.45, 2.75) is 75.6 Å². The highest BCUT2D eigenvalue weighted by atomic mass is 16.6. The topological polar surface area (TPSA) is 79.3 Å². The molecule has 2 aliphatic carbocycles. The first-order valence-electron chi connectivity index (χ1n) is 8.98. The molecule has 4 atom stereocenters. The maximum absolute atomic E-state index is 12.4. The molecule has 2 fully saturated rings. The summed E-state index contributed by atoms with van der Waals surface area (Å²) in [5.74, 6) is 1.04. The van der Waals surface area contributed by atoms with Gasteiger partial charge in [-0.2, -0.15) is 0 Å². The average molecular weight is 346 g/mol. The van der Waals surface area contributed by atoms with Gasteiger partial charge in [0.05, 0.1) is 13.2 Å². The van der Waals surface area contributed by atoms with E-state index >= 15 is 0 Å². The molecule has 25 heavy (non-hydrogen) atoms. The molecule has 1 heterocycles. The number of carbonyl (C=O) groups is 1. The summed E-state index contributed by atoms with van der Waals surface area (Å²) in [7, 11) is 1.60. The lowest BCUT2D eigenvalue weighted by molar-refractivity contribution is -0.125. The molecular formula is C20H26O5. The summed E-state index contributed by atoms with van der Waals surface area (Å²) in [5.41, 5.74) is 0.0782. The van der Waals surface area contributed by atoms with Gasteiger partial charge >= 0.3 is 0 Å². The van der Waals surface area contributed by atoms with Crippen LogP contribution in [0.5, 0.6) is 11.5 Å². The Kier molecular flexibility index (Phi) is 3.22. The van der Waals surface area contributed by atoms with Crippen molar-refractivity contribution in [1.29, 1.82) is 0 Å². The van der Waals surface area contributed by atoms with Gasteiger partial charge in [-0.25, -0.2) is 0 Å². The number of hydrogen-bond donors (Lipinski definition) is 2. The number of aliphatic hydroxyl groups is 1. The summed E-state index contributed by atoms with van der Waals surface area (Å²) in [5, 5.41) is 21.9. The Bertz CT molecular complexity index is 785. The Balaban J connectivity index is 2.01. The highest BCUT2D eigenvalue weighted by molar-refractivity contribution is 5.94. The minimum absolute atomic E-state index is 0.0888. The summed E-state index contributed by atoms with van der Waals surface area (Å²) >= 11 is 0. The SMILES string of the molecule is COc1c(C(C)C)cc(O)c2c1[C@@H](O)C[C@@]13O[C@]1(C)C(=O)CC[C@]23C.